The van der Waals surface area contributed by atoms with Crippen LogP contribution in [0.4, 0.5) is 5.82 Å². The lowest BCUT2D eigenvalue weighted by Gasteiger charge is -2.07. The number of nitrogen functional groups attached to an aromatic ring is 1. The molecule has 0 aliphatic heterocycles. The summed E-state index contributed by atoms with van der Waals surface area (Å²) in [5, 5.41) is 0. The van der Waals surface area contributed by atoms with Crippen LogP contribution in [0.5, 0.6) is 5.75 Å². The standard InChI is InChI=1S/C13H15N3O3S/c1-19-11-4-2-10(3-5-11)9-16-20(17,18)12-6-7-15-13(14)8-12/h2-8,16H,9H2,1H3,(H2,14,15). The van der Waals surface area contributed by atoms with Crippen molar-refractivity contribution >= 4 is 15.8 Å². The molecular formula is C13H15N3O3S. The first kappa shape index (κ1) is 14.3. The summed E-state index contributed by atoms with van der Waals surface area (Å²) in [4.78, 5) is 3.86. The Morgan fingerprint density at radius 2 is 1.95 bits per heavy atom. The number of methoxy groups -OCH3 is 1. The molecule has 106 valence electrons. The van der Waals surface area contributed by atoms with Gasteiger partial charge in [0.05, 0.1) is 12.0 Å². The van der Waals surface area contributed by atoms with Gasteiger partial charge in [0.15, 0.2) is 0 Å². The van der Waals surface area contributed by atoms with Crippen LogP contribution in [0.1, 0.15) is 5.56 Å². The molecule has 0 bridgehead atoms. The van der Waals surface area contributed by atoms with Crippen LogP contribution < -0.4 is 15.2 Å². The molecule has 0 saturated heterocycles. The second-order valence-electron chi connectivity index (χ2n) is 4.09. The largest absolute Gasteiger partial charge is 0.497 e. The predicted octanol–water partition coefficient (Wildman–Crippen LogP) is 1.15. The quantitative estimate of drug-likeness (QED) is 0.862. The van der Waals surface area contributed by atoms with Gasteiger partial charge < -0.3 is 10.5 Å². The van der Waals surface area contributed by atoms with Crippen molar-refractivity contribution in [1.29, 1.82) is 0 Å². The first-order valence-corrected chi connectivity index (χ1v) is 7.34. The summed E-state index contributed by atoms with van der Waals surface area (Å²) in [6, 6.07) is 9.84. The van der Waals surface area contributed by atoms with Gasteiger partial charge in [-0.1, -0.05) is 12.1 Å². The molecule has 6 nitrogen and oxygen atoms in total. The number of hydrogen-bond acceptors (Lipinski definition) is 5. The minimum atomic E-state index is -3.60. The summed E-state index contributed by atoms with van der Waals surface area (Å²) in [7, 11) is -2.02. The molecular weight excluding hydrogens is 278 g/mol. The zero-order valence-corrected chi connectivity index (χ0v) is 11.7. The molecule has 7 heteroatoms. The highest BCUT2D eigenvalue weighted by atomic mass is 32.2. The third kappa shape index (κ3) is 3.46. The van der Waals surface area contributed by atoms with Gasteiger partial charge >= 0.3 is 0 Å². The predicted molar refractivity (Wildman–Crippen MR) is 75.7 cm³/mol. The van der Waals surface area contributed by atoms with E-state index in [4.69, 9.17) is 10.5 Å². The van der Waals surface area contributed by atoms with Gasteiger partial charge in [-0.3, -0.25) is 0 Å². The van der Waals surface area contributed by atoms with E-state index in [1.807, 2.05) is 0 Å². The maximum atomic E-state index is 12.1. The van der Waals surface area contributed by atoms with Gasteiger partial charge in [0.1, 0.15) is 11.6 Å². The van der Waals surface area contributed by atoms with Crippen LogP contribution in [-0.4, -0.2) is 20.5 Å². The van der Waals surface area contributed by atoms with Crippen molar-refractivity contribution < 1.29 is 13.2 Å². The Morgan fingerprint density at radius 3 is 2.55 bits per heavy atom. The normalized spacial score (nSPS) is 11.2. The number of hydrogen-bond donors (Lipinski definition) is 2. The van der Waals surface area contributed by atoms with E-state index < -0.39 is 10.0 Å². The molecule has 0 aliphatic rings. The molecule has 1 aromatic carbocycles. The topological polar surface area (TPSA) is 94.3 Å². The van der Waals surface area contributed by atoms with Gasteiger partial charge in [0.25, 0.3) is 0 Å². The maximum Gasteiger partial charge on any atom is 0.241 e. The zero-order valence-electron chi connectivity index (χ0n) is 10.9. The Hall–Kier alpha value is -2.12. The van der Waals surface area contributed by atoms with Gasteiger partial charge in [0.2, 0.25) is 10.0 Å². The number of ether oxygens (including phenoxy) is 1. The molecule has 0 amide bonds. The molecule has 2 aromatic rings. The van der Waals surface area contributed by atoms with Crippen molar-refractivity contribution in [3.8, 4) is 5.75 Å². The number of sulfonamides is 1. The zero-order chi connectivity index (χ0) is 14.6. The number of rotatable bonds is 5. The van der Waals surface area contributed by atoms with Crippen molar-refractivity contribution in [2.45, 2.75) is 11.4 Å². The molecule has 1 heterocycles. The van der Waals surface area contributed by atoms with Crippen molar-refractivity contribution in [1.82, 2.24) is 9.71 Å². The van der Waals surface area contributed by atoms with E-state index in [0.29, 0.717) is 0 Å². The van der Waals surface area contributed by atoms with Crippen molar-refractivity contribution in [2.75, 3.05) is 12.8 Å². The molecule has 2 rings (SSSR count). The lowest BCUT2D eigenvalue weighted by atomic mass is 10.2. The van der Waals surface area contributed by atoms with Gasteiger partial charge in [-0.15, -0.1) is 0 Å². The van der Waals surface area contributed by atoms with Gasteiger partial charge in [-0.05, 0) is 23.8 Å². The summed E-state index contributed by atoms with van der Waals surface area (Å²) < 4.78 is 31.7. The Morgan fingerprint density at radius 1 is 1.25 bits per heavy atom. The molecule has 3 N–H and O–H groups in total. The maximum absolute atomic E-state index is 12.1. The number of anilines is 1. The fraction of sp³-hybridized carbons (Fsp3) is 0.154. The van der Waals surface area contributed by atoms with E-state index in [2.05, 4.69) is 9.71 Å². The van der Waals surface area contributed by atoms with Crippen LogP contribution in [0.3, 0.4) is 0 Å². The molecule has 0 spiro atoms. The average molecular weight is 293 g/mol. The Labute approximate surface area is 117 Å². The molecule has 1 aromatic heterocycles. The summed E-state index contributed by atoms with van der Waals surface area (Å²) >= 11 is 0. The number of pyridine rings is 1. The highest BCUT2D eigenvalue weighted by Gasteiger charge is 2.14. The Balaban J connectivity index is 2.09. The van der Waals surface area contributed by atoms with E-state index in [9.17, 15) is 8.42 Å². The molecule has 0 radical (unpaired) electrons. The van der Waals surface area contributed by atoms with Crippen molar-refractivity contribution in [3.05, 3.63) is 48.2 Å². The van der Waals surface area contributed by atoms with E-state index in [1.165, 1.54) is 18.3 Å². The number of nitrogens with one attached hydrogen (secondary N) is 1. The van der Waals surface area contributed by atoms with E-state index in [1.54, 1.807) is 31.4 Å². The Bertz CT molecular complexity index is 684. The molecule has 0 aliphatic carbocycles. The minimum Gasteiger partial charge on any atom is -0.497 e. The van der Waals surface area contributed by atoms with Crippen molar-refractivity contribution in [2.24, 2.45) is 0 Å². The Kier molecular flexibility index (Phi) is 4.21. The SMILES string of the molecule is COc1ccc(CNS(=O)(=O)c2ccnc(N)c2)cc1. The molecule has 0 saturated carbocycles. The second kappa shape index (κ2) is 5.89. The first-order chi connectivity index (χ1) is 9.51. The monoisotopic (exact) mass is 293 g/mol. The van der Waals surface area contributed by atoms with Crippen molar-refractivity contribution in [3.63, 3.8) is 0 Å². The van der Waals surface area contributed by atoms with Gasteiger partial charge in [0, 0.05) is 18.8 Å². The summed E-state index contributed by atoms with van der Waals surface area (Å²) in [5.74, 6) is 0.885. The molecule has 0 atom stereocenters. The van der Waals surface area contributed by atoms with E-state index >= 15 is 0 Å². The van der Waals surface area contributed by atoms with Crippen LogP contribution in [0.25, 0.3) is 0 Å². The lowest BCUT2D eigenvalue weighted by molar-refractivity contribution is 0.414. The van der Waals surface area contributed by atoms with E-state index in [0.717, 1.165) is 11.3 Å². The summed E-state index contributed by atoms with van der Waals surface area (Å²) in [5.41, 5.74) is 6.31. The lowest BCUT2D eigenvalue weighted by Crippen LogP contribution is -2.23. The number of aromatic nitrogens is 1. The molecule has 20 heavy (non-hydrogen) atoms. The van der Waals surface area contributed by atoms with Gasteiger partial charge in [-0.25, -0.2) is 18.1 Å². The second-order valence-corrected chi connectivity index (χ2v) is 5.86. The number of nitrogens with two attached hydrogens (primary N) is 1. The first-order valence-electron chi connectivity index (χ1n) is 5.85. The average Bonchev–Trinajstić information content (AvgIpc) is 2.46. The minimum absolute atomic E-state index is 0.0958. The third-order valence-corrected chi connectivity index (χ3v) is 4.09. The molecule has 0 unspecified atom stereocenters. The van der Waals surface area contributed by atoms with Crippen LogP contribution >= 0.6 is 0 Å². The van der Waals surface area contributed by atoms with E-state index in [-0.39, 0.29) is 17.3 Å². The highest BCUT2D eigenvalue weighted by molar-refractivity contribution is 7.89. The summed E-state index contributed by atoms with van der Waals surface area (Å²) in [6.07, 6.45) is 1.36. The summed E-state index contributed by atoms with van der Waals surface area (Å²) in [6.45, 7) is 0.189. The van der Waals surface area contributed by atoms with Crippen LogP contribution in [0.2, 0.25) is 0 Å². The third-order valence-electron chi connectivity index (χ3n) is 2.69. The smallest absolute Gasteiger partial charge is 0.241 e. The van der Waals surface area contributed by atoms with Crippen LogP contribution in [0.15, 0.2) is 47.5 Å². The van der Waals surface area contributed by atoms with Crippen LogP contribution in [-0.2, 0) is 16.6 Å². The fourth-order valence-electron chi connectivity index (χ4n) is 1.60. The van der Waals surface area contributed by atoms with Crippen LogP contribution in [0, 0.1) is 0 Å². The number of nitrogens with zero attached hydrogens (tertiary/aromatic N) is 1. The highest BCUT2D eigenvalue weighted by Crippen LogP contribution is 2.13. The fourth-order valence-corrected chi connectivity index (χ4v) is 2.64. The van der Waals surface area contributed by atoms with Gasteiger partial charge in [-0.2, -0.15) is 0 Å². The molecule has 0 fully saturated rings. The number of benzene rings is 1.